The highest BCUT2D eigenvalue weighted by Crippen LogP contribution is 2.22. The van der Waals surface area contributed by atoms with Gasteiger partial charge in [0.25, 0.3) is 0 Å². The Hall–Kier alpha value is -3.40. The lowest BCUT2D eigenvalue weighted by molar-refractivity contribution is -0.140. The van der Waals surface area contributed by atoms with Crippen LogP contribution < -0.4 is 14.4 Å². The number of ketones is 1. The molecule has 2 aromatic rings. The van der Waals surface area contributed by atoms with E-state index in [-0.39, 0.29) is 23.9 Å². The van der Waals surface area contributed by atoms with Crippen LogP contribution in [0.2, 0.25) is 0 Å². The third-order valence-corrected chi connectivity index (χ3v) is 6.51. The second-order valence-corrected chi connectivity index (χ2v) is 11.6. The van der Waals surface area contributed by atoms with Crippen LogP contribution in [-0.2, 0) is 26.2 Å². The summed E-state index contributed by atoms with van der Waals surface area (Å²) in [5.74, 6) is -0.592. The van der Waals surface area contributed by atoms with Crippen molar-refractivity contribution in [3.8, 4) is 5.75 Å². The molecule has 9 nitrogen and oxygen atoms in total. The molecule has 10 heteroatoms. The van der Waals surface area contributed by atoms with E-state index in [0.29, 0.717) is 16.9 Å². The second-order valence-electron chi connectivity index (χ2n) is 9.66. The molecule has 0 aliphatic rings. The van der Waals surface area contributed by atoms with E-state index in [1.54, 1.807) is 43.3 Å². The van der Waals surface area contributed by atoms with E-state index in [1.807, 2.05) is 20.8 Å². The van der Waals surface area contributed by atoms with Crippen molar-refractivity contribution in [1.82, 2.24) is 10.2 Å². The van der Waals surface area contributed by atoms with Gasteiger partial charge in [-0.25, -0.2) is 8.42 Å². The molecule has 1 N–H and O–H groups in total. The van der Waals surface area contributed by atoms with Crippen molar-refractivity contribution in [2.45, 2.75) is 52.7 Å². The van der Waals surface area contributed by atoms with Crippen LogP contribution in [0.4, 0.5) is 5.69 Å². The minimum absolute atomic E-state index is 0.0554. The molecule has 1 atom stereocenters. The van der Waals surface area contributed by atoms with Crippen LogP contribution in [0.3, 0.4) is 0 Å². The first-order chi connectivity index (χ1) is 16.6. The van der Waals surface area contributed by atoms with Crippen molar-refractivity contribution in [1.29, 1.82) is 0 Å². The van der Waals surface area contributed by atoms with Gasteiger partial charge in [-0.15, -0.1) is 0 Å². The van der Waals surface area contributed by atoms with Crippen LogP contribution in [-0.4, -0.2) is 62.4 Å². The molecule has 0 radical (unpaired) electrons. The maximum Gasteiger partial charge on any atom is 0.244 e. The Kier molecular flexibility index (Phi) is 9.26. The fourth-order valence-electron chi connectivity index (χ4n) is 3.52. The first kappa shape index (κ1) is 28.8. The van der Waals surface area contributed by atoms with Crippen LogP contribution in [0, 0.1) is 0 Å². The average molecular weight is 518 g/mol. The summed E-state index contributed by atoms with van der Waals surface area (Å²) in [5, 5.41) is 2.87. The highest BCUT2D eigenvalue weighted by molar-refractivity contribution is 7.92. The SMILES string of the molecule is COc1cccc(CN(C(=O)CN(c2cccc(C(C)=O)c2)S(C)(=O)=O)[C@@H](C)C(=O)NC(C)(C)C)c1. The van der Waals surface area contributed by atoms with E-state index in [1.165, 1.54) is 31.1 Å². The van der Waals surface area contributed by atoms with Crippen LogP contribution in [0.15, 0.2) is 48.5 Å². The van der Waals surface area contributed by atoms with E-state index >= 15 is 0 Å². The molecule has 0 fully saturated rings. The van der Waals surface area contributed by atoms with Gasteiger partial charge in [0.2, 0.25) is 21.8 Å². The number of rotatable bonds is 10. The standard InChI is InChI=1S/C26H35N3O6S/c1-18(25(32)27-26(3,4)5)28(16-20-10-8-13-23(14-20)35-6)24(31)17-29(36(7,33)34)22-12-9-11-21(15-22)19(2)30/h8-15,18H,16-17H2,1-7H3,(H,27,32)/t18-/m0/s1. The molecule has 0 aliphatic heterocycles. The molecule has 0 unspecified atom stereocenters. The maximum atomic E-state index is 13.6. The Bertz CT molecular complexity index is 1220. The third-order valence-electron chi connectivity index (χ3n) is 5.37. The fraction of sp³-hybridized carbons (Fsp3) is 0.423. The van der Waals surface area contributed by atoms with Gasteiger partial charge in [0.1, 0.15) is 18.3 Å². The monoisotopic (exact) mass is 517 g/mol. The van der Waals surface area contributed by atoms with Gasteiger partial charge < -0.3 is 15.0 Å². The van der Waals surface area contributed by atoms with E-state index in [2.05, 4.69) is 5.32 Å². The molecule has 0 bridgehead atoms. The molecule has 2 amide bonds. The summed E-state index contributed by atoms with van der Waals surface area (Å²) in [6, 6.07) is 12.3. The molecule has 2 rings (SSSR count). The van der Waals surface area contributed by atoms with Gasteiger partial charge in [-0.05, 0) is 64.4 Å². The summed E-state index contributed by atoms with van der Waals surface area (Å²) in [7, 11) is -2.36. The smallest absolute Gasteiger partial charge is 0.244 e. The lowest BCUT2D eigenvalue weighted by Crippen LogP contribution is -2.54. The minimum atomic E-state index is -3.89. The van der Waals surface area contributed by atoms with Gasteiger partial charge >= 0.3 is 0 Å². The van der Waals surface area contributed by atoms with Gasteiger partial charge in [-0.1, -0.05) is 24.3 Å². The normalized spacial score (nSPS) is 12.4. The summed E-state index contributed by atoms with van der Waals surface area (Å²) < 4.78 is 31.6. The zero-order valence-corrected chi connectivity index (χ0v) is 22.7. The number of Topliss-reactive ketones (excluding diaryl/α,β-unsaturated/α-hetero) is 1. The number of benzene rings is 2. The van der Waals surface area contributed by atoms with Crippen LogP contribution in [0.25, 0.3) is 0 Å². The third kappa shape index (κ3) is 8.08. The molecule has 0 saturated carbocycles. The summed E-state index contributed by atoms with van der Waals surface area (Å²) >= 11 is 0. The topological polar surface area (TPSA) is 113 Å². The molecule has 0 spiro atoms. The molecule has 36 heavy (non-hydrogen) atoms. The van der Waals surface area contributed by atoms with Gasteiger partial charge in [0.15, 0.2) is 5.78 Å². The fourth-order valence-corrected chi connectivity index (χ4v) is 4.36. The van der Waals surface area contributed by atoms with Crippen molar-refractivity contribution < 1.29 is 27.5 Å². The Balaban J connectivity index is 2.46. The number of hydrogen-bond donors (Lipinski definition) is 1. The molecular formula is C26H35N3O6S. The molecule has 2 aromatic carbocycles. The zero-order chi connectivity index (χ0) is 27.3. The predicted molar refractivity (Wildman–Crippen MR) is 140 cm³/mol. The van der Waals surface area contributed by atoms with Gasteiger partial charge in [-0.2, -0.15) is 0 Å². The maximum absolute atomic E-state index is 13.6. The Labute approximate surface area is 213 Å². The highest BCUT2D eigenvalue weighted by atomic mass is 32.2. The van der Waals surface area contributed by atoms with E-state index in [9.17, 15) is 22.8 Å². The number of amides is 2. The number of methoxy groups -OCH3 is 1. The molecule has 0 aromatic heterocycles. The first-order valence-electron chi connectivity index (χ1n) is 11.5. The Morgan fingerprint density at radius 2 is 1.69 bits per heavy atom. The van der Waals surface area contributed by atoms with Crippen LogP contribution in [0.5, 0.6) is 5.75 Å². The van der Waals surface area contributed by atoms with Gasteiger partial charge in [0, 0.05) is 17.6 Å². The predicted octanol–water partition coefficient (Wildman–Crippen LogP) is 3.00. The van der Waals surface area contributed by atoms with Crippen molar-refractivity contribution >= 4 is 33.3 Å². The molecule has 0 saturated heterocycles. The number of anilines is 1. The lowest BCUT2D eigenvalue weighted by Gasteiger charge is -2.33. The number of nitrogens with zero attached hydrogens (tertiary/aromatic N) is 2. The van der Waals surface area contributed by atoms with Crippen molar-refractivity contribution in [2.75, 3.05) is 24.2 Å². The van der Waals surface area contributed by atoms with Crippen LogP contribution >= 0.6 is 0 Å². The summed E-state index contributed by atoms with van der Waals surface area (Å²) in [5.41, 5.74) is 0.691. The highest BCUT2D eigenvalue weighted by Gasteiger charge is 2.31. The number of carbonyl (C=O) groups excluding carboxylic acids is 3. The van der Waals surface area contributed by atoms with Crippen molar-refractivity contribution in [2.24, 2.45) is 0 Å². The Morgan fingerprint density at radius 3 is 2.25 bits per heavy atom. The number of ether oxygens (including phenoxy) is 1. The minimum Gasteiger partial charge on any atom is -0.497 e. The molecule has 0 heterocycles. The molecule has 0 aliphatic carbocycles. The summed E-state index contributed by atoms with van der Waals surface area (Å²) in [6.07, 6.45) is 0.989. The number of hydrogen-bond acceptors (Lipinski definition) is 6. The number of carbonyl (C=O) groups is 3. The van der Waals surface area contributed by atoms with Crippen LogP contribution in [0.1, 0.15) is 50.5 Å². The van der Waals surface area contributed by atoms with E-state index in [4.69, 9.17) is 4.74 Å². The van der Waals surface area contributed by atoms with E-state index < -0.39 is 34.1 Å². The van der Waals surface area contributed by atoms with Crippen molar-refractivity contribution in [3.05, 3.63) is 59.7 Å². The van der Waals surface area contributed by atoms with Gasteiger partial charge in [0.05, 0.1) is 19.1 Å². The summed E-state index contributed by atoms with van der Waals surface area (Å²) in [6.45, 7) is 7.98. The number of nitrogens with one attached hydrogen (secondary N) is 1. The first-order valence-corrected chi connectivity index (χ1v) is 13.3. The largest absolute Gasteiger partial charge is 0.497 e. The quantitative estimate of drug-likeness (QED) is 0.485. The van der Waals surface area contributed by atoms with Gasteiger partial charge in [-0.3, -0.25) is 18.7 Å². The molecular weight excluding hydrogens is 482 g/mol. The summed E-state index contributed by atoms with van der Waals surface area (Å²) in [4.78, 5) is 39.8. The number of sulfonamides is 1. The second kappa shape index (κ2) is 11.6. The van der Waals surface area contributed by atoms with E-state index in [0.717, 1.165) is 10.6 Å². The Morgan fingerprint density at radius 1 is 1.06 bits per heavy atom. The zero-order valence-electron chi connectivity index (χ0n) is 21.9. The lowest BCUT2D eigenvalue weighted by atomic mass is 10.1. The van der Waals surface area contributed by atoms with Crippen molar-refractivity contribution in [3.63, 3.8) is 0 Å². The molecule has 196 valence electrons. The average Bonchev–Trinajstić information content (AvgIpc) is 2.78.